The Hall–Kier alpha value is -1.03. The number of nitrogens with one attached hydrogen (secondary N) is 2. The lowest BCUT2D eigenvalue weighted by Gasteiger charge is -2.12. The van der Waals surface area contributed by atoms with E-state index in [1.54, 1.807) is 0 Å². The molecule has 1 aromatic heterocycles. The van der Waals surface area contributed by atoms with Gasteiger partial charge >= 0.3 is 0 Å². The lowest BCUT2D eigenvalue weighted by atomic mass is 10.3. The quantitative estimate of drug-likeness (QED) is 0.700. The van der Waals surface area contributed by atoms with Crippen LogP contribution in [-0.2, 0) is 7.05 Å². The van der Waals surface area contributed by atoms with E-state index in [0.717, 1.165) is 24.6 Å². The predicted octanol–water partition coefficient (Wildman–Crippen LogP) is 1.53. The van der Waals surface area contributed by atoms with E-state index in [2.05, 4.69) is 35.6 Å². The van der Waals surface area contributed by atoms with Gasteiger partial charge in [-0.3, -0.25) is 4.68 Å². The third kappa shape index (κ3) is 3.91. The van der Waals surface area contributed by atoms with Crippen LogP contribution in [0.5, 0.6) is 0 Å². The molecule has 0 bridgehead atoms. The first-order valence-electron chi connectivity index (χ1n) is 5.61. The first-order chi connectivity index (χ1) is 7.13. The number of anilines is 1. The highest BCUT2D eigenvalue weighted by atomic mass is 15.3. The van der Waals surface area contributed by atoms with Gasteiger partial charge in [0.15, 0.2) is 0 Å². The zero-order valence-electron chi connectivity index (χ0n) is 10.2. The summed E-state index contributed by atoms with van der Waals surface area (Å²) in [5.41, 5.74) is 1.05. The standard InChI is InChI=1S/C11H22N4/c1-5-9(2)12-6-7-13-11-8-10(3)14-15(11)4/h8-9,12-13H,5-7H2,1-4H3. The molecule has 1 heterocycles. The molecule has 4 nitrogen and oxygen atoms in total. The fourth-order valence-corrected chi connectivity index (χ4v) is 1.43. The average Bonchev–Trinajstić information content (AvgIpc) is 2.52. The summed E-state index contributed by atoms with van der Waals surface area (Å²) < 4.78 is 1.87. The summed E-state index contributed by atoms with van der Waals surface area (Å²) in [6.45, 7) is 8.31. The Kier molecular flexibility index (Phi) is 4.62. The van der Waals surface area contributed by atoms with E-state index >= 15 is 0 Å². The minimum atomic E-state index is 0.597. The summed E-state index contributed by atoms with van der Waals surface area (Å²) in [5, 5.41) is 11.1. The van der Waals surface area contributed by atoms with Gasteiger partial charge in [-0.25, -0.2) is 0 Å². The minimum absolute atomic E-state index is 0.597. The van der Waals surface area contributed by atoms with Crippen LogP contribution in [0.3, 0.4) is 0 Å². The molecule has 0 amide bonds. The first kappa shape index (κ1) is 12.0. The van der Waals surface area contributed by atoms with Crippen LogP contribution in [0.4, 0.5) is 5.82 Å². The van der Waals surface area contributed by atoms with Gasteiger partial charge in [-0.05, 0) is 20.3 Å². The molecule has 2 N–H and O–H groups in total. The van der Waals surface area contributed by atoms with Crippen molar-refractivity contribution in [3.63, 3.8) is 0 Å². The van der Waals surface area contributed by atoms with Crippen molar-refractivity contribution in [2.75, 3.05) is 18.4 Å². The van der Waals surface area contributed by atoms with Crippen LogP contribution in [0.2, 0.25) is 0 Å². The van der Waals surface area contributed by atoms with Gasteiger partial charge in [-0.15, -0.1) is 0 Å². The van der Waals surface area contributed by atoms with Gasteiger partial charge in [0.2, 0.25) is 0 Å². The highest BCUT2D eigenvalue weighted by Gasteiger charge is 2.00. The van der Waals surface area contributed by atoms with Gasteiger partial charge in [-0.1, -0.05) is 6.92 Å². The molecule has 0 aliphatic heterocycles. The molecule has 0 aliphatic rings. The number of nitrogens with zero attached hydrogens (tertiary/aromatic N) is 2. The van der Waals surface area contributed by atoms with E-state index in [9.17, 15) is 0 Å². The van der Waals surface area contributed by atoms with Crippen molar-refractivity contribution in [1.29, 1.82) is 0 Å². The van der Waals surface area contributed by atoms with Crippen LogP contribution >= 0.6 is 0 Å². The number of aromatic nitrogens is 2. The first-order valence-corrected chi connectivity index (χ1v) is 5.61. The van der Waals surface area contributed by atoms with Crippen LogP contribution in [-0.4, -0.2) is 28.9 Å². The van der Waals surface area contributed by atoms with Crippen molar-refractivity contribution in [3.05, 3.63) is 11.8 Å². The summed E-state index contributed by atoms with van der Waals surface area (Å²) in [4.78, 5) is 0. The fraction of sp³-hybridized carbons (Fsp3) is 0.727. The molecule has 15 heavy (non-hydrogen) atoms. The van der Waals surface area contributed by atoms with E-state index in [-0.39, 0.29) is 0 Å². The molecule has 1 atom stereocenters. The normalized spacial score (nSPS) is 12.8. The second-order valence-electron chi connectivity index (χ2n) is 3.98. The van der Waals surface area contributed by atoms with Gasteiger partial charge in [-0.2, -0.15) is 5.10 Å². The van der Waals surface area contributed by atoms with Crippen LogP contribution < -0.4 is 10.6 Å². The summed E-state index contributed by atoms with van der Waals surface area (Å²) in [6.07, 6.45) is 1.17. The van der Waals surface area contributed by atoms with Crippen molar-refractivity contribution in [2.24, 2.45) is 7.05 Å². The molecule has 86 valence electrons. The lowest BCUT2D eigenvalue weighted by Crippen LogP contribution is -2.30. The maximum absolute atomic E-state index is 4.27. The zero-order chi connectivity index (χ0) is 11.3. The molecule has 0 saturated carbocycles. The monoisotopic (exact) mass is 210 g/mol. The second kappa shape index (κ2) is 5.75. The summed E-state index contributed by atoms with van der Waals surface area (Å²) >= 11 is 0. The van der Waals surface area contributed by atoms with E-state index in [0.29, 0.717) is 6.04 Å². The van der Waals surface area contributed by atoms with Crippen LogP contribution in [0, 0.1) is 6.92 Å². The minimum Gasteiger partial charge on any atom is -0.369 e. The molecular formula is C11H22N4. The maximum Gasteiger partial charge on any atom is 0.124 e. The predicted molar refractivity (Wildman–Crippen MR) is 64.2 cm³/mol. The Balaban J connectivity index is 2.23. The summed E-state index contributed by atoms with van der Waals surface area (Å²) in [6, 6.07) is 2.66. The van der Waals surface area contributed by atoms with Crippen molar-refractivity contribution in [1.82, 2.24) is 15.1 Å². The largest absolute Gasteiger partial charge is 0.369 e. The molecule has 0 saturated heterocycles. The molecule has 1 aromatic rings. The van der Waals surface area contributed by atoms with Crippen LogP contribution in [0.15, 0.2) is 6.07 Å². The molecule has 1 rings (SSSR count). The Morgan fingerprint density at radius 2 is 2.20 bits per heavy atom. The Labute approximate surface area is 92.1 Å². The molecule has 4 heteroatoms. The third-order valence-electron chi connectivity index (χ3n) is 2.54. The molecule has 0 aliphatic carbocycles. The van der Waals surface area contributed by atoms with Gasteiger partial charge in [0.05, 0.1) is 5.69 Å². The molecule has 0 fully saturated rings. The highest BCUT2D eigenvalue weighted by Crippen LogP contribution is 2.06. The molecule has 0 radical (unpaired) electrons. The van der Waals surface area contributed by atoms with Gasteiger partial charge < -0.3 is 10.6 Å². The van der Waals surface area contributed by atoms with Crippen molar-refractivity contribution in [2.45, 2.75) is 33.2 Å². The van der Waals surface area contributed by atoms with Gasteiger partial charge in [0, 0.05) is 32.2 Å². The Morgan fingerprint density at radius 3 is 2.73 bits per heavy atom. The number of aryl methyl sites for hydroxylation is 2. The average molecular weight is 210 g/mol. The molecular weight excluding hydrogens is 188 g/mol. The van der Waals surface area contributed by atoms with Gasteiger partial charge in [0.25, 0.3) is 0 Å². The number of hydrogen-bond donors (Lipinski definition) is 2. The Bertz CT molecular complexity index is 293. The Morgan fingerprint density at radius 1 is 1.47 bits per heavy atom. The van der Waals surface area contributed by atoms with E-state index in [1.165, 1.54) is 6.42 Å². The van der Waals surface area contributed by atoms with Crippen molar-refractivity contribution < 1.29 is 0 Å². The van der Waals surface area contributed by atoms with Crippen molar-refractivity contribution >= 4 is 5.82 Å². The van der Waals surface area contributed by atoms with E-state index in [1.807, 2.05) is 18.7 Å². The van der Waals surface area contributed by atoms with E-state index in [4.69, 9.17) is 0 Å². The molecule has 0 aromatic carbocycles. The lowest BCUT2D eigenvalue weighted by molar-refractivity contribution is 0.545. The molecule has 0 spiro atoms. The number of hydrogen-bond acceptors (Lipinski definition) is 3. The third-order valence-corrected chi connectivity index (χ3v) is 2.54. The second-order valence-corrected chi connectivity index (χ2v) is 3.98. The van der Waals surface area contributed by atoms with Crippen LogP contribution in [0.1, 0.15) is 26.0 Å². The number of rotatable bonds is 6. The fourth-order valence-electron chi connectivity index (χ4n) is 1.43. The zero-order valence-corrected chi connectivity index (χ0v) is 10.2. The highest BCUT2D eigenvalue weighted by molar-refractivity contribution is 5.36. The smallest absolute Gasteiger partial charge is 0.124 e. The van der Waals surface area contributed by atoms with Crippen molar-refractivity contribution in [3.8, 4) is 0 Å². The van der Waals surface area contributed by atoms with Crippen LogP contribution in [0.25, 0.3) is 0 Å². The topological polar surface area (TPSA) is 41.9 Å². The van der Waals surface area contributed by atoms with E-state index < -0.39 is 0 Å². The molecule has 1 unspecified atom stereocenters. The summed E-state index contributed by atoms with van der Waals surface area (Å²) in [5.74, 6) is 1.08. The SMILES string of the molecule is CCC(C)NCCNc1cc(C)nn1C. The maximum atomic E-state index is 4.27. The van der Waals surface area contributed by atoms with Gasteiger partial charge in [0.1, 0.15) is 5.82 Å². The summed E-state index contributed by atoms with van der Waals surface area (Å²) in [7, 11) is 1.96.